The fourth-order valence-electron chi connectivity index (χ4n) is 4.82. The van der Waals surface area contributed by atoms with Crippen molar-refractivity contribution >= 4 is 37.4 Å². The molecule has 1 saturated heterocycles. The van der Waals surface area contributed by atoms with Crippen molar-refractivity contribution in [1.82, 2.24) is 14.7 Å². The number of thiophene rings is 1. The van der Waals surface area contributed by atoms with Gasteiger partial charge in [-0.3, -0.25) is 9.59 Å². The van der Waals surface area contributed by atoms with Crippen LogP contribution < -0.4 is 5.56 Å². The Hall–Kier alpha value is -2.99. The van der Waals surface area contributed by atoms with E-state index in [0.29, 0.717) is 11.3 Å². The monoisotopic (exact) mass is 445 g/mol. The minimum absolute atomic E-state index is 0.0175. The summed E-state index contributed by atoms with van der Waals surface area (Å²) in [5, 5.41) is 6.17. The summed E-state index contributed by atoms with van der Waals surface area (Å²) in [6.45, 7) is 5.18. The van der Waals surface area contributed by atoms with E-state index < -0.39 is 6.04 Å². The number of carbonyl (C=O) groups excluding carboxylic acids is 1. The average Bonchev–Trinajstić information content (AvgIpc) is 3.22. The summed E-state index contributed by atoms with van der Waals surface area (Å²) in [7, 11) is 0. The van der Waals surface area contributed by atoms with E-state index in [1.165, 1.54) is 10.2 Å². The molecule has 0 N–H and O–H groups in total. The van der Waals surface area contributed by atoms with Crippen LogP contribution >= 0.6 is 11.3 Å². The Balaban J connectivity index is 1.36. The number of carbonyl (C=O) groups is 1. The summed E-state index contributed by atoms with van der Waals surface area (Å²) >= 11 is 1.59. The highest BCUT2D eigenvalue weighted by molar-refractivity contribution is 7.26. The first-order valence-corrected chi connectivity index (χ1v) is 12.1. The summed E-state index contributed by atoms with van der Waals surface area (Å²) in [6.07, 6.45) is 3.03. The topological polar surface area (TPSA) is 55.2 Å². The van der Waals surface area contributed by atoms with Gasteiger partial charge in [-0.15, -0.1) is 11.3 Å². The van der Waals surface area contributed by atoms with E-state index in [1.807, 2.05) is 42.2 Å². The third-order valence-electron chi connectivity index (χ3n) is 6.62. The number of rotatable bonds is 4. The van der Waals surface area contributed by atoms with Crippen LogP contribution in [-0.2, 0) is 11.2 Å². The van der Waals surface area contributed by atoms with E-state index in [-0.39, 0.29) is 11.5 Å². The normalized spacial score (nSPS) is 16.0. The molecule has 0 unspecified atom stereocenters. The second-order valence-corrected chi connectivity index (χ2v) is 9.82. The maximum atomic E-state index is 13.4. The minimum atomic E-state index is -0.616. The van der Waals surface area contributed by atoms with Gasteiger partial charge in [0.2, 0.25) is 5.91 Å². The third-order valence-corrected chi connectivity index (χ3v) is 7.90. The van der Waals surface area contributed by atoms with Gasteiger partial charge in [-0.1, -0.05) is 48.5 Å². The summed E-state index contributed by atoms with van der Waals surface area (Å²) in [4.78, 5) is 28.6. The van der Waals surface area contributed by atoms with Crippen molar-refractivity contribution < 1.29 is 4.79 Å². The van der Waals surface area contributed by atoms with Gasteiger partial charge < -0.3 is 4.90 Å². The maximum absolute atomic E-state index is 13.4. The maximum Gasteiger partial charge on any atom is 0.276 e. The fourth-order valence-corrected chi connectivity index (χ4v) is 5.95. The Bertz CT molecular complexity index is 1330. The van der Waals surface area contributed by atoms with Crippen molar-refractivity contribution in [3.05, 3.63) is 76.2 Å². The lowest BCUT2D eigenvalue weighted by atomic mass is 9.90. The highest BCUT2D eigenvalue weighted by atomic mass is 32.1. The summed E-state index contributed by atoms with van der Waals surface area (Å²) in [5.41, 5.74) is 1.97. The first-order valence-electron chi connectivity index (χ1n) is 11.3. The zero-order valence-electron chi connectivity index (χ0n) is 18.5. The number of hydrogen-bond donors (Lipinski definition) is 0. The Morgan fingerprint density at radius 3 is 2.53 bits per heavy atom. The molecule has 2 aromatic heterocycles. The van der Waals surface area contributed by atoms with Gasteiger partial charge in [0.15, 0.2) is 0 Å². The minimum Gasteiger partial charge on any atom is -0.341 e. The molecular weight excluding hydrogens is 418 g/mol. The molecule has 0 radical (unpaired) electrons. The molecule has 0 spiro atoms. The summed E-state index contributed by atoms with van der Waals surface area (Å²) in [6, 6.07) is 17.9. The number of amides is 1. The van der Waals surface area contributed by atoms with E-state index in [9.17, 15) is 9.59 Å². The Morgan fingerprint density at radius 1 is 1.09 bits per heavy atom. The molecule has 1 aliphatic rings. The molecule has 1 atom stereocenters. The predicted octanol–water partition coefficient (Wildman–Crippen LogP) is 4.96. The van der Waals surface area contributed by atoms with Crippen molar-refractivity contribution in [2.75, 3.05) is 13.1 Å². The van der Waals surface area contributed by atoms with Crippen molar-refractivity contribution in [3.63, 3.8) is 0 Å². The van der Waals surface area contributed by atoms with E-state index in [4.69, 9.17) is 0 Å². The molecule has 3 heterocycles. The van der Waals surface area contributed by atoms with Crippen LogP contribution in [0.25, 0.3) is 20.2 Å². The quantitative estimate of drug-likeness (QED) is 0.446. The first kappa shape index (κ1) is 20.9. The van der Waals surface area contributed by atoms with Crippen molar-refractivity contribution in [2.45, 2.75) is 39.2 Å². The first-order chi connectivity index (χ1) is 15.5. The smallest absolute Gasteiger partial charge is 0.276 e. The molecule has 2 aromatic carbocycles. The molecule has 1 amide bonds. The third kappa shape index (κ3) is 3.73. The van der Waals surface area contributed by atoms with Crippen LogP contribution in [0.15, 0.2) is 59.4 Å². The number of benzene rings is 2. The molecule has 32 heavy (non-hydrogen) atoms. The Kier molecular flexibility index (Phi) is 5.55. The number of hydrogen-bond acceptors (Lipinski definition) is 4. The van der Waals surface area contributed by atoms with Gasteiger partial charge in [-0.05, 0) is 50.7 Å². The van der Waals surface area contributed by atoms with Crippen LogP contribution in [0, 0.1) is 12.8 Å². The SMILES string of the molecule is Cc1nn([C@H](C)C(=O)N2CCC(Cc3ccccc3)CC2)c(=O)c2c1sc1ccccc12. The standard InChI is InChI=1S/C26H27N3O2S/c1-17-24-23(21-10-6-7-11-22(21)32-24)26(31)29(27-17)18(2)25(30)28-14-12-20(13-15-28)16-19-8-4-3-5-9-19/h3-11,18,20H,12-16H2,1-2H3/t18-/m1/s1. The van der Waals surface area contributed by atoms with Crippen LogP contribution in [0.5, 0.6) is 0 Å². The summed E-state index contributed by atoms with van der Waals surface area (Å²) in [5.74, 6) is 0.574. The number of likely N-dealkylation sites (tertiary alicyclic amines) is 1. The number of aromatic nitrogens is 2. The number of fused-ring (bicyclic) bond motifs is 3. The molecule has 0 aliphatic carbocycles. The molecule has 5 nitrogen and oxygen atoms in total. The molecular formula is C26H27N3O2S. The van der Waals surface area contributed by atoms with Gasteiger partial charge >= 0.3 is 0 Å². The molecule has 164 valence electrons. The predicted molar refractivity (Wildman–Crippen MR) is 130 cm³/mol. The van der Waals surface area contributed by atoms with Crippen molar-refractivity contribution in [2.24, 2.45) is 5.92 Å². The number of nitrogens with zero attached hydrogens (tertiary/aromatic N) is 3. The van der Waals surface area contributed by atoms with Crippen molar-refractivity contribution in [1.29, 1.82) is 0 Å². The molecule has 1 aliphatic heterocycles. The van der Waals surface area contributed by atoms with Crippen molar-refractivity contribution in [3.8, 4) is 0 Å². The summed E-state index contributed by atoms with van der Waals surface area (Å²) < 4.78 is 3.38. The van der Waals surface area contributed by atoms with Gasteiger partial charge in [0, 0.05) is 23.2 Å². The average molecular weight is 446 g/mol. The Labute approximate surface area is 191 Å². The van der Waals surface area contributed by atoms with Gasteiger partial charge in [-0.2, -0.15) is 5.10 Å². The molecule has 0 saturated carbocycles. The largest absolute Gasteiger partial charge is 0.341 e. The molecule has 1 fully saturated rings. The van der Waals surface area contributed by atoms with Gasteiger partial charge in [-0.25, -0.2) is 4.68 Å². The van der Waals surface area contributed by atoms with E-state index >= 15 is 0 Å². The molecule has 4 aromatic rings. The van der Waals surface area contributed by atoms with Crippen LogP contribution in [-0.4, -0.2) is 33.7 Å². The molecule has 0 bridgehead atoms. The van der Waals surface area contributed by atoms with Crippen LogP contribution in [0.4, 0.5) is 0 Å². The highest BCUT2D eigenvalue weighted by Gasteiger charge is 2.29. The van der Waals surface area contributed by atoms with Crippen LogP contribution in [0.1, 0.15) is 37.1 Å². The highest BCUT2D eigenvalue weighted by Crippen LogP contribution is 2.33. The van der Waals surface area contributed by atoms with E-state index in [0.717, 1.165) is 52.8 Å². The second-order valence-electron chi connectivity index (χ2n) is 8.77. The Morgan fingerprint density at radius 2 is 1.78 bits per heavy atom. The number of aryl methyl sites for hydroxylation is 1. The van der Waals surface area contributed by atoms with Gasteiger partial charge in [0.05, 0.1) is 15.8 Å². The lowest BCUT2D eigenvalue weighted by Gasteiger charge is -2.33. The van der Waals surface area contributed by atoms with Crippen LogP contribution in [0.2, 0.25) is 0 Å². The number of piperidine rings is 1. The zero-order valence-corrected chi connectivity index (χ0v) is 19.3. The molecule has 6 heteroatoms. The van der Waals surface area contributed by atoms with Crippen LogP contribution in [0.3, 0.4) is 0 Å². The fraction of sp³-hybridized carbons (Fsp3) is 0.346. The van der Waals surface area contributed by atoms with E-state index in [2.05, 4.69) is 29.4 Å². The van der Waals surface area contributed by atoms with E-state index in [1.54, 1.807) is 18.3 Å². The van der Waals surface area contributed by atoms with Gasteiger partial charge in [0.1, 0.15) is 6.04 Å². The lowest BCUT2D eigenvalue weighted by molar-refractivity contribution is -0.136. The molecule has 5 rings (SSSR count). The zero-order chi connectivity index (χ0) is 22.2. The second kappa shape index (κ2) is 8.51. The van der Waals surface area contributed by atoms with Gasteiger partial charge in [0.25, 0.3) is 5.56 Å². The lowest BCUT2D eigenvalue weighted by Crippen LogP contribution is -2.44.